The molecule has 1 heterocycles. The molecule has 7 heteroatoms. The summed E-state index contributed by atoms with van der Waals surface area (Å²) in [4.78, 5) is 38.1. The molecule has 0 spiro atoms. The van der Waals surface area contributed by atoms with E-state index in [9.17, 15) is 14.4 Å². The zero-order valence-electron chi connectivity index (χ0n) is 14.7. The zero-order valence-corrected chi connectivity index (χ0v) is 16.3. The van der Waals surface area contributed by atoms with Crippen LogP contribution in [0.4, 0.5) is 10.5 Å². The van der Waals surface area contributed by atoms with Crippen LogP contribution in [0.3, 0.4) is 0 Å². The van der Waals surface area contributed by atoms with Crippen LogP contribution in [-0.2, 0) is 9.59 Å². The molecular formula is C20H17BrN2O4. The number of ether oxygens (including phenoxy) is 1. The molecule has 1 saturated heterocycles. The van der Waals surface area contributed by atoms with Crippen molar-refractivity contribution in [1.82, 2.24) is 5.32 Å². The molecule has 0 atom stereocenters. The number of anilines is 1. The summed E-state index contributed by atoms with van der Waals surface area (Å²) in [7, 11) is 0. The molecule has 138 valence electrons. The number of halogens is 1. The molecule has 1 aliphatic heterocycles. The predicted octanol–water partition coefficient (Wildman–Crippen LogP) is 3.90. The molecule has 0 aromatic heterocycles. The first-order valence-electron chi connectivity index (χ1n) is 8.29. The van der Waals surface area contributed by atoms with Gasteiger partial charge in [0.1, 0.15) is 11.3 Å². The normalized spacial score (nSPS) is 16.1. The van der Waals surface area contributed by atoms with Crippen LogP contribution in [0.2, 0.25) is 0 Å². The number of imide groups is 2. The number of barbiturate groups is 1. The molecule has 0 radical (unpaired) electrons. The lowest BCUT2D eigenvalue weighted by molar-refractivity contribution is -0.122. The zero-order chi connectivity index (χ0) is 19.6. The Bertz CT molecular complexity index is 938. The van der Waals surface area contributed by atoms with Crippen LogP contribution in [0.1, 0.15) is 19.4 Å². The number of carbonyl (C=O) groups is 3. The van der Waals surface area contributed by atoms with E-state index in [1.165, 1.54) is 6.08 Å². The molecule has 27 heavy (non-hydrogen) atoms. The molecule has 0 bridgehead atoms. The summed E-state index contributed by atoms with van der Waals surface area (Å²) in [5.74, 6) is -0.739. The van der Waals surface area contributed by atoms with E-state index < -0.39 is 17.8 Å². The number of carbonyl (C=O) groups excluding carboxylic acids is 3. The lowest BCUT2D eigenvalue weighted by Gasteiger charge is -2.26. The van der Waals surface area contributed by atoms with Gasteiger partial charge < -0.3 is 4.74 Å². The minimum absolute atomic E-state index is 0.0154. The van der Waals surface area contributed by atoms with Crippen LogP contribution in [0.5, 0.6) is 5.75 Å². The van der Waals surface area contributed by atoms with Crippen molar-refractivity contribution in [2.24, 2.45) is 0 Å². The van der Waals surface area contributed by atoms with E-state index in [1.807, 2.05) is 13.8 Å². The van der Waals surface area contributed by atoms with Crippen LogP contribution in [0, 0.1) is 0 Å². The van der Waals surface area contributed by atoms with Crippen molar-refractivity contribution in [3.05, 3.63) is 64.1 Å². The summed E-state index contributed by atoms with van der Waals surface area (Å²) in [5, 5.41) is 2.20. The third-order valence-electron chi connectivity index (χ3n) is 3.75. The van der Waals surface area contributed by atoms with Gasteiger partial charge in [-0.1, -0.05) is 24.3 Å². The van der Waals surface area contributed by atoms with Gasteiger partial charge in [-0.25, -0.2) is 9.69 Å². The van der Waals surface area contributed by atoms with Gasteiger partial charge in [0.05, 0.1) is 16.3 Å². The molecule has 6 nitrogen and oxygen atoms in total. The minimum atomic E-state index is -0.768. The summed E-state index contributed by atoms with van der Waals surface area (Å²) in [6, 6.07) is 12.9. The first-order valence-corrected chi connectivity index (χ1v) is 9.09. The van der Waals surface area contributed by atoms with Crippen molar-refractivity contribution in [3.63, 3.8) is 0 Å². The van der Waals surface area contributed by atoms with E-state index in [0.717, 1.165) is 4.90 Å². The molecule has 0 saturated carbocycles. The summed E-state index contributed by atoms with van der Waals surface area (Å²) in [5.41, 5.74) is 0.891. The first kappa shape index (κ1) is 18.8. The Morgan fingerprint density at radius 3 is 2.41 bits per heavy atom. The lowest BCUT2D eigenvalue weighted by Crippen LogP contribution is -2.54. The van der Waals surface area contributed by atoms with Crippen molar-refractivity contribution in [2.75, 3.05) is 4.90 Å². The van der Waals surface area contributed by atoms with Gasteiger partial charge in [-0.05, 0) is 65.7 Å². The van der Waals surface area contributed by atoms with Crippen LogP contribution < -0.4 is 15.0 Å². The van der Waals surface area contributed by atoms with Crippen LogP contribution >= 0.6 is 15.9 Å². The molecule has 1 N–H and O–H groups in total. The molecule has 4 amide bonds. The third-order valence-corrected chi connectivity index (χ3v) is 4.37. The fraction of sp³-hybridized carbons (Fsp3) is 0.150. The van der Waals surface area contributed by atoms with Gasteiger partial charge in [-0.15, -0.1) is 0 Å². The van der Waals surface area contributed by atoms with E-state index in [-0.39, 0.29) is 11.7 Å². The number of hydrogen-bond donors (Lipinski definition) is 1. The van der Waals surface area contributed by atoms with E-state index in [2.05, 4.69) is 21.2 Å². The maximum atomic E-state index is 12.8. The van der Waals surface area contributed by atoms with Crippen LogP contribution in [0.15, 0.2) is 58.6 Å². The molecule has 0 unspecified atom stereocenters. The highest BCUT2D eigenvalue weighted by molar-refractivity contribution is 9.10. The largest absolute Gasteiger partial charge is 0.490 e. The summed E-state index contributed by atoms with van der Waals surface area (Å²) in [6.45, 7) is 3.84. The number of rotatable bonds is 4. The molecule has 3 rings (SSSR count). The molecular weight excluding hydrogens is 412 g/mol. The topological polar surface area (TPSA) is 75.7 Å². The number of hydrogen-bond acceptors (Lipinski definition) is 4. The van der Waals surface area contributed by atoms with Crippen molar-refractivity contribution in [3.8, 4) is 5.75 Å². The maximum Gasteiger partial charge on any atom is 0.335 e. The minimum Gasteiger partial charge on any atom is -0.490 e. The third kappa shape index (κ3) is 4.09. The fourth-order valence-electron chi connectivity index (χ4n) is 2.59. The first-order chi connectivity index (χ1) is 12.9. The second-order valence-corrected chi connectivity index (χ2v) is 7.00. The Kier molecular flexibility index (Phi) is 5.41. The smallest absolute Gasteiger partial charge is 0.335 e. The number of amides is 4. The summed E-state index contributed by atoms with van der Waals surface area (Å²) >= 11 is 3.42. The molecule has 1 aliphatic rings. The monoisotopic (exact) mass is 428 g/mol. The second kappa shape index (κ2) is 7.75. The van der Waals surface area contributed by atoms with Gasteiger partial charge in [0.25, 0.3) is 11.8 Å². The second-order valence-electron chi connectivity index (χ2n) is 6.15. The lowest BCUT2D eigenvalue weighted by atomic mass is 10.1. The maximum absolute atomic E-state index is 12.8. The van der Waals surface area contributed by atoms with Gasteiger partial charge in [0.15, 0.2) is 0 Å². The number of para-hydroxylation sites is 1. The Morgan fingerprint density at radius 2 is 1.78 bits per heavy atom. The van der Waals surface area contributed by atoms with Gasteiger partial charge in [0.2, 0.25) is 0 Å². The standard InChI is InChI=1S/C20H17BrN2O4/c1-12(2)27-17-9-8-13(11-16(17)21)10-15-18(24)22-20(26)23(19(15)25)14-6-4-3-5-7-14/h3-12H,1-2H3,(H,22,24,26)/b15-10+. The summed E-state index contributed by atoms with van der Waals surface area (Å²) < 4.78 is 6.35. The average Bonchev–Trinajstić information content (AvgIpc) is 2.61. The van der Waals surface area contributed by atoms with Gasteiger partial charge in [-0.2, -0.15) is 0 Å². The quantitative estimate of drug-likeness (QED) is 0.591. The van der Waals surface area contributed by atoms with Crippen molar-refractivity contribution < 1.29 is 19.1 Å². The van der Waals surface area contributed by atoms with Gasteiger partial charge in [-0.3, -0.25) is 14.9 Å². The summed E-state index contributed by atoms with van der Waals surface area (Å²) in [6.07, 6.45) is 1.46. The van der Waals surface area contributed by atoms with Crippen molar-refractivity contribution in [2.45, 2.75) is 20.0 Å². The fourth-order valence-corrected chi connectivity index (χ4v) is 3.08. The predicted molar refractivity (Wildman–Crippen MR) is 105 cm³/mol. The molecule has 2 aromatic rings. The molecule has 2 aromatic carbocycles. The number of nitrogens with one attached hydrogen (secondary N) is 1. The molecule has 0 aliphatic carbocycles. The van der Waals surface area contributed by atoms with E-state index in [1.54, 1.807) is 48.5 Å². The SMILES string of the molecule is CC(C)Oc1ccc(/C=C2\C(=O)NC(=O)N(c3ccccc3)C2=O)cc1Br. The average molecular weight is 429 g/mol. The highest BCUT2D eigenvalue weighted by Crippen LogP contribution is 2.28. The highest BCUT2D eigenvalue weighted by atomic mass is 79.9. The van der Waals surface area contributed by atoms with Gasteiger partial charge >= 0.3 is 6.03 Å². The number of urea groups is 1. The van der Waals surface area contributed by atoms with Crippen LogP contribution in [-0.4, -0.2) is 23.9 Å². The Balaban J connectivity index is 1.95. The highest BCUT2D eigenvalue weighted by Gasteiger charge is 2.36. The van der Waals surface area contributed by atoms with E-state index in [0.29, 0.717) is 21.5 Å². The number of benzene rings is 2. The van der Waals surface area contributed by atoms with E-state index >= 15 is 0 Å². The number of nitrogens with zero attached hydrogens (tertiary/aromatic N) is 1. The Hall–Kier alpha value is -2.93. The van der Waals surface area contributed by atoms with Gasteiger partial charge in [0, 0.05) is 0 Å². The van der Waals surface area contributed by atoms with Crippen molar-refractivity contribution in [1.29, 1.82) is 0 Å². The molecule has 1 fully saturated rings. The van der Waals surface area contributed by atoms with E-state index in [4.69, 9.17) is 4.74 Å². The Labute approximate surface area is 164 Å². The van der Waals surface area contributed by atoms with Crippen molar-refractivity contribution >= 4 is 45.5 Å². The van der Waals surface area contributed by atoms with Crippen LogP contribution in [0.25, 0.3) is 6.08 Å². The Morgan fingerprint density at radius 1 is 1.07 bits per heavy atom.